The Hall–Kier alpha value is -0.770. The van der Waals surface area contributed by atoms with Crippen LogP contribution in [0.15, 0.2) is 0 Å². The van der Waals surface area contributed by atoms with Gasteiger partial charge in [0.05, 0.1) is 0 Å². The molecule has 1 atom stereocenters. The average molecular weight is 230 g/mol. The summed E-state index contributed by atoms with van der Waals surface area (Å²) >= 11 is 0. The Balaban J connectivity index is 4.36. The molecule has 1 amide bonds. The quantitative estimate of drug-likeness (QED) is 0.781. The second kappa shape index (κ2) is 5.53. The summed E-state index contributed by atoms with van der Waals surface area (Å²) in [7, 11) is 1.87. The summed E-state index contributed by atoms with van der Waals surface area (Å²) in [4.78, 5) is 11.6. The number of hydrogen-bond donors (Lipinski definition) is 2. The zero-order chi connectivity index (χ0) is 13.0. The number of amides is 1. The van der Waals surface area contributed by atoms with Crippen LogP contribution in [0, 0.1) is 5.41 Å². The molecule has 2 N–H and O–H groups in total. The van der Waals surface area contributed by atoms with Crippen LogP contribution < -0.4 is 10.6 Å². The lowest BCUT2D eigenvalue weighted by Gasteiger charge is -2.32. The molecule has 4 heteroatoms. The summed E-state index contributed by atoms with van der Waals surface area (Å²) in [6, 6.07) is 0.0485. The van der Waals surface area contributed by atoms with E-state index in [9.17, 15) is 4.79 Å². The van der Waals surface area contributed by atoms with Crippen molar-refractivity contribution >= 4 is 6.09 Å². The molecule has 0 aliphatic rings. The van der Waals surface area contributed by atoms with Crippen LogP contribution in [0.25, 0.3) is 0 Å². The van der Waals surface area contributed by atoms with Gasteiger partial charge in [-0.05, 0) is 33.2 Å². The molecule has 0 aromatic heterocycles. The Morgan fingerprint density at radius 2 is 1.69 bits per heavy atom. The maximum Gasteiger partial charge on any atom is 0.407 e. The third-order valence-corrected chi connectivity index (χ3v) is 2.14. The van der Waals surface area contributed by atoms with Gasteiger partial charge in [0, 0.05) is 12.6 Å². The van der Waals surface area contributed by atoms with Crippen LogP contribution in [0.3, 0.4) is 0 Å². The molecule has 0 aliphatic heterocycles. The second-order valence-electron chi connectivity index (χ2n) is 6.12. The third-order valence-electron chi connectivity index (χ3n) is 2.14. The van der Waals surface area contributed by atoms with E-state index in [1.807, 2.05) is 27.8 Å². The molecule has 0 aliphatic carbocycles. The minimum absolute atomic E-state index is 0.0000850. The highest BCUT2D eigenvalue weighted by atomic mass is 16.6. The number of ether oxygens (including phenoxy) is 1. The van der Waals surface area contributed by atoms with Crippen molar-refractivity contribution in [1.29, 1.82) is 0 Å². The number of likely N-dealkylation sites (N-methyl/N-ethyl adjacent to an activating group) is 1. The van der Waals surface area contributed by atoms with Crippen LogP contribution in [0.4, 0.5) is 4.79 Å². The van der Waals surface area contributed by atoms with Gasteiger partial charge >= 0.3 is 6.09 Å². The highest BCUT2D eigenvalue weighted by molar-refractivity contribution is 5.68. The van der Waals surface area contributed by atoms with Crippen molar-refractivity contribution in [3.05, 3.63) is 0 Å². The molecule has 0 aromatic rings. The smallest absolute Gasteiger partial charge is 0.407 e. The molecule has 0 aromatic carbocycles. The van der Waals surface area contributed by atoms with Crippen molar-refractivity contribution in [3.8, 4) is 0 Å². The van der Waals surface area contributed by atoms with Crippen molar-refractivity contribution < 1.29 is 9.53 Å². The summed E-state index contributed by atoms with van der Waals surface area (Å²) in [5.74, 6) is 0. The number of rotatable bonds is 3. The van der Waals surface area contributed by atoms with E-state index in [1.54, 1.807) is 0 Å². The molecular formula is C12H26N2O2. The fraction of sp³-hybridized carbons (Fsp3) is 0.917. The van der Waals surface area contributed by atoms with Crippen LogP contribution >= 0.6 is 0 Å². The first kappa shape index (κ1) is 15.2. The summed E-state index contributed by atoms with van der Waals surface area (Å²) in [6.45, 7) is 12.6. The zero-order valence-corrected chi connectivity index (χ0v) is 11.6. The molecule has 16 heavy (non-hydrogen) atoms. The molecule has 0 radical (unpaired) electrons. The number of hydrogen-bond acceptors (Lipinski definition) is 3. The standard InChI is InChI=1S/C12H26N2O2/c1-11(2,3)9(8-13-7)14-10(15)16-12(4,5)6/h9,13H,8H2,1-7H3,(H,14,15). The van der Waals surface area contributed by atoms with E-state index in [0.29, 0.717) is 0 Å². The van der Waals surface area contributed by atoms with Crippen LogP contribution in [0.2, 0.25) is 0 Å². The van der Waals surface area contributed by atoms with Gasteiger partial charge in [0.15, 0.2) is 0 Å². The summed E-state index contributed by atoms with van der Waals surface area (Å²) in [5, 5.41) is 5.96. The highest BCUT2D eigenvalue weighted by Gasteiger charge is 2.27. The first-order chi connectivity index (χ1) is 7.06. The fourth-order valence-electron chi connectivity index (χ4n) is 1.23. The Labute approximate surface area is 99.1 Å². The van der Waals surface area contributed by atoms with Crippen molar-refractivity contribution in [2.45, 2.75) is 53.2 Å². The van der Waals surface area contributed by atoms with Gasteiger partial charge in [-0.15, -0.1) is 0 Å². The van der Waals surface area contributed by atoms with Gasteiger partial charge in [-0.1, -0.05) is 20.8 Å². The summed E-state index contributed by atoms with van der Waals surface area (Å²) in [5.41, 5.74) is -0.452. The Morgan fingerprint density at radius 3 is 2.00 bits per heavy atom. The predicted octanol–water partition coefficient (Wildman–Crippen LogP) is 2.15. The van der Waals surface area contributed by atoms with E-state index in [0.717, 1.165) is 6.54 Å². The molecule has 0 saturated carbocycles. The lowest BCUT2D eigenvalue weighted by atomic mass is 9.87. The van der Waals surface area contributed by atoms with Crippen LogP contribution in [-0.2, 0) is 4.74 Å². The van der Waals surface area contributed by atoms with E-state index in [-0.39, 0.29) is 17.6 Å². The van der Waals surface area contributed by atoms with E-state index in [2.05, 4.69) is 31.4 Å². The van der Waals surface area contributed by atoms with Crippen LogP contribution in [-0.4, -0.2) is 31.3 Å². The molecular weight excluding hydrogens is 204 g/mol. The normalized spacial score (nSPS) is 14.4. The monoisotopic (exact) mass is 230 g/mol. The Bertz CT molecular complexity index is 226. The van der Waals surface area contributed by atoms with Crippen LogP contribution in [0.5, 0.6) is 0 Å². The Kier molecular flexibility index (Phi) is 5.26. The van der Waals surface area contributed by atoms with Gasteiger partial charge in [-0.2, -0.15) is 0 Å². The zero-order valence-electron chi connectivity index (χ0n) is 11.6. The molecule has 0 saturated heterocycles. The number of carbonyl (C=O) groups excluding carboxylic acids is 1. The number of nitrogens with one attached hydrogen (secondary N) is 2. The van der Waals surface area contributed by atoms with Gasteiger partial charge in [0.25, 0.3) is 0 Å². The van der Waals surface area contributed by atoms with Crippen molar-refractivity contribution in [3.63, 3.8) is 0 Å². The SMILES string of the molecule is CNCC(NC(=O)OC(C)(C)C)C(C)(C)C. The van der Waals surface area contributed by atoms with Gasteiger partial charge in [-0.3, -0.25) is 0 Å². The maximum atomic E-state index is 11.6. The van der Waals surface area contributed by atoms with Gasteiger partial charge in [0.2, 0.25) is 0 Å². The van der Waals surface area contributed by atoms with E-state index < -0.39 is 5.60 Å². The van der Waals surface area contributed by atoms with Crippen molar-refractivity contribution in [2.75, 3.05) is 13.6 Å². The lowest BCUT2D eigenvalue weighted by Crippen LogP contribution is -2.50. The lowest BCUT2D eigenvalue weighted by molar-refractivity contribution is 0.0464. The van der Waals surface area contributed by atoms with Gasteiger partial charge in [0.1, 0.15) is 5.60 Å². The largest absolute Gasteiger partial charge is 0.444 e. The Morgan fingerprint density at radius 1 is 1.19 bits per heavy atom. The minimum atomic E-state index is -0.452. The van der Waals surface area contributed by atoms with Gasteiger partial charge in [-0.25, -0.2) is 4.79 Å². The second-order valence-corrected chi connectivity index (χ2v) is 6.12. The van der Waals surface area contributed by atoms with E-state index in [4.69, 9.17) is 4.74 Å². The van der Waals surface area contributed by atoms with Crippen molar-refractivity contribution in [1.82, 2.24) is 10.6 Å². The molecule has 4 nitrogen and oxygen atoms in total. The first-order valence-electron chi connectivity index (χ1n) is 5.70. The molecule has 0 spiro atoms. The number of carbonyl (C=O) groups is 1. The van der Waals surface area contributed by atoms with Gasteiger partial charge < -0.3 is 15.4 Å². The molecule has 1 unspecified atom stereocenters. The van der Waals surface area contributed by atoms with Crippen LogP contribution in [0.1, 0.15) is 41.5 Å². The topological polar surface area (TPSA) is 50.4 Å². The molecule has 0 bridgehead atoms. The summed E-state index contributed by atoms with van der Waals surface area (Å²) in [6.07, 6.45) is -0.359. The predicted molar refractivity (Wildman–Crippen MR) is 66.5 cm³/mol. The fourth-order valence-corrected chi connectivity index (χ4v) is 1.23. The molecule has 0 heterocycles. The van der Waals surface area contributed by atoms with Crippen molar-refractivity contribution in [2.24, 2.45) is 5.41 Å². The third kappa shape index (κ3) is 6.67. The summed E-state index contributed by atoms with van der Waals surface area (Å²) < 4.78 is 5.23. The van der Waals surface area contributed by atoms with E-state index >= 15 is 0 Å². The first-order valence-corrected chi connectivity index (χ1v) is 5.70. The molecule has 0 fully saturated rings. The highest BCUT2D eigenvalue weighted by Crippen LogP contribution is 2.19. The maximum absolute atomic E-state index is 11.6. The average Bonchev–Trinajstić information content (AvgIpc) is 1.97. The van der Waals surface area contributed by atoms with E-state index in [1.165, 1.54) is 0 Å². The minimum Gasteiger partial charge on any atom is -0.444 e. The molecule has 0 rings (SSSR count). The number of alkyl carbamates (subject to hydrolysis) is 1. The molecule has 96 valence electrons.